The molecule has 2 rings (SSSR count). The molecule has 0 bridgehead atoms. The molecule has 0 spiro atoms. The third-order valence-corrected chi connectivity index (χ3v) is 2.37. The Morgan fingerprint density at radius 3 is 1.89 bits per heavy atom. The summed E-state index contributed by atoms with van der Waals surface area (Å²) in [5.74, 6) is 4.14. The molecule has 94 valence electrons. The van der Waals surface area contributed by atoms with Crippen LogP contribution in [0.25, 0.3) is 0 Å². The zero-order valence-corrected chi connectivity index (χ0v) is 10.4. The van der Waals surface area contributed by atoms with Crippen LogP contribution in [0.1, 0.15) is 22.8 Å². The van der Waals surface area contributed by atoms with Crippen molar-refractivity contribution in [2.24, 2.45) is 5.90 Å². The van der Waals surface area contributed by atoms with E-state index in [0.717, 1.165) is 6.42 Å². The molecule has 2 N–H and O–H groups in total. The standard InChI is InChI=1S/C8H10.C7H7NO2/c1-2-8-6-4-3-5-7-8;8-10-7(9)6-4-2-1-3-5-6/h3-7H,2H2,1H3;1-5H,8H2. The molecule has 0 saturated heterocycles. The summed E-state index contributed by atoms with van der Waals surface area (Å²) in [7, 11) is 0. The number of nitrogens with two attached hydrogens (primary N) is 1. The second-order valence-electron chi connectivity index (χ2n) is 3.61. The molecule has 3 heteroatoms. The van der Waals surface area contributed by atoms with Gasteiger partial charge in [-0.05, 0) is 24.1 Å². The normalized spacial score (nSPS) is 9.00. The van der Waals surface area contributed by atoms with Crippen molar-refractivity contribution in [2.45, 2.75) is 13.3 Å². The minimum Gasteiger partial charge on any atom is -0.370 e. The molecule has 0 saturated carbocycles. The zero-order valence-electron chi connectivity index (χ0n) is 10.4. The molecule has 0 amide bonds. The average molecular weight is 243 g/mol. The molecule has 2 aromatic rings. The fourth-order valence-corrected chi connectivity index (χ4v) is 1.36. The quantitative estimate of drug-likeness (QED) is 0.825. The van der Waals surface area contributed by atoms with Crippen LogP contribution in [0, 0.1) is 0 Å². The van der Waals surface area contributed by atoms with E-state index in [1.807, 2.05) is 12.1 Å². The molecular formula is C15H17NO2. The first-order valence-corrected chi connectivity index (χ1v) is 5.78. The highest BCUT2D eigenvalue weighted by Gasteiger charge is 2.01. The molecule has 18 heavy (non-hydrogen) atoms. The van der Waals surface area contributed by atoms with Gasteiger partial charge in [0.15, 0.2) is 0 Å². The zero-order chi connectivity index (χ0) is 13.2. The number of hydrogen-bond donors (Lipinski definition) is 1. The Hall–Kier alpha value is -2.13. The van der Waals surface area contributed by atoms with E-state index in [-0.39, 0.29) is 0 Å². The van der Waals surface area contributed by atoms with Crippen LogP contribution in [0.5, 0.6) is 0 Å². The molecule has 0 aliphatic carbocycles. The molecule has 0 aromatic heterocycles. The van der Waals surface area contributed by atoms with Crippen molar-refractivity contribution in [3.8, 4) is 0 Å². The maximum Gasteiger partial charge on any atom is 0.356 e. The third-order valence-electron chi connectivity index (χ3n) is 2.37. The van der Waals surface area contributed by atoms with Crippen molar-refractivity contribution in [1.29, 1.82) is 0 Å². The Bertz CT molecular complexity index is 454. The monoisotopic (exact) mass is 243 g/mol. The summed E-state index contributed by atoms with van der Waals surface area (Å²) in [5.41, 5.74) is 1.87. The van der Waals surface area contributed by atoms with Gasteiger partial charge in [0.2, 0.25) is 0 Å². The van der Waals surface area contributed by atoms with Gasteiger partial charge in [0.05, 0.1) is 5.56 Å². The number of carbonyl (C=O) groups excluding carboxylic acids is 1. The van der Waals surface area contributed by atoms with E-state index < -0.39 is 5.97 Å². The third kappa shape index (κ3) is 4.80. The van der Waals surface area contributed by atoms with Crippen LogP contribution in [0.2, 0.25) is 0 Å². The number of benzene rings is 2. The topological polar surface area (TPSA) is 52.3 Å². The van der Waals surface area contributed by atoms with Gasteiger partial charge >= 0.3 is 5.97 Å². The van der Waals surface area contributed by atoms with Gasteiger partial charge in [0.1, 0.15) is 0 Å². The van der Waals surface area contributed by atoms with Crippen LogP contribution < -0.4 is 5.90 Å². The summed E-state index contributed by atoms with van der Waals surface area (Å²) >= 11 is 0. The highest BCUT2D eigenvalue weighted by molar-refractivity contribution is 5.88. The van der Waals surface area contributed by atoms with E-state index in [1.165, 1.54) is 5.56 Å². The first-order valence-electron chi connectivity index (χ1n) is 5.78. The highest BCUT2D eigenvalue weighted by Crippen LogP contribution is 1.98. The first kappa shape index (κ1) is 13.9. The molecule has 0 unspecified atom stereocenters. The fraction of sp³-hybridized carbons (Fsp3) is 0.133. The SMILES string of the molecule is CCc1ccccc1.NOC(=O)c1ccccc1. The molecule has 0 heterocycles. The molecule has 0 atom stereocenters. The lowest BCUT2D eigenvalue weighted by Crippen LogP contribution is -2.09. The highest BCUT2D eigenvalue weighted by atomic mass is 16.7. The van der Waals surface area contributed by atoms with Crippen LogP contribution in [0.3, 0.4) is 0 Å². The van der Waals surface area contributed by atoms with Crippen LogP contribution in [-0.4, -0.2) is 5.97 Å². The lowest BCUT2D eigenvalue weighted by Gasteiger charge is -1.94. The van der Waals surface area contributed by atoms with E-state index in [1.54, 1.807) is 24.3 Å². The van der Waals surface area contributed by atoms with E-state index in [2.05, 4.69) is 41.9 Å². The Labute approximate surface area is 107 Å². The van der Waals surface area contributed by atoms with Gasteiger partial charge in [-0.3, -0.25) is 0 Å². The van der Waals surface area contributed by atoms with E-state index in [4.69, 9.17) is 0 Å². The summed E-state index contributed by atoms with van der Waals surface area (Å²) in [4.78, 5) is 14.7. The van der Waals surface area contributed by atoms with Gasteiger partial charge < -0.3 is 4.84 Å². The fourth-order valence-electron chi connectivity index (χ4n) is 1.36. The van der Waals surface area contributed by atoms with Gasteiger partial charge in [-0.15, -0.1) is 0 Å². The van der Waals surface area contributed by atoms with Gasteiger partial charge in [0.25, 0.3) is 0 Å². The molecule has 0 aliphatic rings. The molecule has 0 radical (unpaired) electrons. The molecule has 3 nitrogen and oxygen atoms in total. The minimum atomic E-state index is -0.513. The van der Waals surface area contributed by atoms with Gasteiger partial charge in [-0.2, -0.15) is 5.90 Å². The van der Waals surface area contributed by atoms with Crippen LogP contribution in [-0.2, 0) is 11.3 Å². The number of rotatable bonds is 2. The number of carbonyl (C=O) groups is 1. The Morgan fingerprint density at radius 1 is 1.00 bits per heavy atom. The summed E-state index contributed by atoms with van der Waals surface area (Å²) in [6.45, 7) is 2.16. The summed E-state index contributed by atoms with van der Waals surface area (Å²) in [6, 6.07) is 19.0. The van der Waals surface area contributed by atoms with Crippen LogP contribution in [0.15, 0.2) is 60.7 Å². The van der Waals surface area contributed by atoms with E-state index in [0.29, 0.717) is 5.56 Å². The lowest BCUT2D eigenvalue weighted by molar-refractivity contribution is 0.0503. The summed E-state index contributed by atoms with van der Waals surface area (Å²) < 4.78 is 0. The van der Waals surface area contributed by atoms with E-state index >= 15 is 0 Å². The van der Waals surface area contributed by atoms with Crippen molar-refractivity contribution < 1.29 is 9.63 Å². The van der Waals surface area contributed by atoms with Gasteiger partial charge in [-0.25, -0.2) is 4.79 Å². The van der Waals surface area contributed by atoms with E-state index in [9.17, 15) is 4.79 Å². The summed E-state index contributed by atoms with van der Waals surface area (Å²) in [5, 5.41) is 0. The number of hydrogen-bond acceptors (Lipinski definition) is 3. The Balaban J connectivity index is 0.000000184. The molecule has 0 aliphatic heterocycles. The second kappa shape index (κ2) is 8.03. The lowest BCUT2D eigenvalue weighted by atomic mass is 10.2. The predicted octanol–water partition coefficient (Wildman–Crippen LogP) is 2.97. The minimum absolute atomic E-state index is 0.463. The predicted molar refractivity (Wildman–Crippen MR) is 71.9 cm³/mol. The molecule has 0 fully saturated rings. The average Bonchev–Trinajstić information content (AvgIpc) is 2.49. The van der Waals surface area contributed by atoms with Crippen molar-refractivity contribution >= 4 is 5.97 Å². The molecular weight excluding hydrogens is 226 g/mol. The number of aryl methyl sites for hydroxylation is 1. The van der Waals surface area contributed by atoms with Crippen molar-refractivity contribution in [1.82, 2.24) is 0 Å². The van der Waals surface area contributed by atoms with Crippen molar-refractivity contribution in [2.75, 3.05) is 0 Å². The summed E-state index contributed by atoms with van der Waals surface area (Å²) in [6.07, 6.45) is 1.14. The van der Waals surface area contributed by atoms with Crippen LogP contribution >= 0.6 is 0 Å². The second-order valence-corrected chi connectivity index (χ2v) is 3.61. The van der Waals surface area contributed by atoms with Crippen LogP contribution in [0.4, 0.5) is 0 Å². The van der Waals surface area contributed by atoms with Gasteiger partial charge in [-0.1, -0.05) is 55.5 Å². The first-order chi connectivity index (χ1) is 8.77. The molecule has 2 aromatic carbocycles. The Morgan fingerprint density at radius 2 is 1.50 bits per heavy atom. The maximum atomic E-state index is 10.7. The smallest absolute Gasteiger partial charge is 0.356 e. The van der Waals surface area contributed by atoms with Gasteiger partial charge in [0, 0.05) is 0 Å². The van der Waals surface area contributed by atoms with Crippen molar-refractivity contribution in [3.05, 3.63) is 71.8 Å². The van der Waals surface area contributed by atoms with Crippen molar-refractivity contribution in [3.63, 3.8) is 0 Å². The maximum absolute atomic E-state index is 10.7. The largest absolute Gasteiger partial charge is 0.370 e. The Kier molecular flexibility index (Phi) is 6.22.